The molecule has 1 saturated carbocycles. The fraction of sp³-hybridized carbons (Fsp3) is 0.720. The number of nitrogens with zero attached hydrogens (tertiary/aromatic N) is 3. The van der Waals surface area contributed by atoms with Gasteiger partial charge in [0.1, 0.15) is 0 Å². The van der Waals surface area contributed by atoms with Crippen LogP contribution < -0.4 is 5.32 Å². The van der Waals surface area contributed by atoms with Crippen LogP contribution in [0.3, 0.4) is 0 Å². The van der Waals surface area contributed by atoms with E-state index in [9.17, 15) is 0 Å². The van der Waals surface area contributed by atoms with Gasteiger partial charge in [0.15, 0.2) is 5.96 Å². The van der Waals surface area contributed by atoms with Gasteiger partial charge in [-0.15, -0.1) is 0 Å². The van der Waals surface area contributed by atoms with Crippen LogP contribution in [0.15, 0.2) is 35.3 Å². The molecular weight excluding hydrogens is 388 g/mol. The van der Waals surface area contributed by atoms with E-state index < -0.39 is 0 Å². The van der Waals surface area contributed by atoms with Crippen molar-refractivity contribution in [2.24, 2.45) is 10.9 Å². The Bertz CT molecular complexity index is 684. The summed E-state index contributed by atoms with van der Waals surface area (Å²) in [6.07, 6.45) is 7.78. The van der Waals surface area contributed by atoms with Gasteiger partial charge in [-0.3, -0.25) is 9.89 Å². The van der Waals surface area contributed by atoms with Crippen molar-refractivity contribution in [3.8, 4) is 0 Å². The second kappa shape index (κ2) is 11.3. The van der Waals surface area contributed by atoms with Crippen molar-refractivity contribution in [2.45, 2.75) is 50.7 Å². The maximum atomic E-state index is 6.01. The Kier molecular flexibility index (Phi) is 8.22. The number of hydrogen-bond acceptors (Lipinski definition) is 4. The Morgan fingerprint density at radius 2 is 1.90 bits per heavy atom. The van der Waals surface area contributed by atoms with E-state index in [2.05, 4.69) is 44.4 Å². The summed E-state index contributed by atoms with van der Waals surface area (Å²) >= 11 is 0. The van der Waals surface area contributed by atoms with Crippen LogP contribution in [0.25, 0.3) is 0 Å². The number of guanidine groups is 1. The van der Waals surface area contributed by atoms with Crippen molar-refractivity contribution in [2.75, 3.05) is 59.6 Å². The molecule has 1 N–H and O–H groups in total. The molecule has 1 aromatic carbocycles. The highest BCUT2D eigenvalue weighted by Gasteiger charge is 2.39. The Hall–Kier alpha value is -1.63. The predicted octanol–water partition coefficient (Wildman–Crippen LogP) is 3.14. The van der Waals surface area contributed by atoms with Crippen molar-refractivity contribution >= 4 is 5.96 Å². The molecule has 3 fully saturated rings. The summed E-state index contributed by atoms with van der Waals surface area (Å²) in [5.41, 5.74) is 1.51. The Balaban J connectivity index is 1.26. The molecule has 0 amide bonds. The number of benzene rings is 1. The molecule has 2 heterocycles. The van der Waals surface area contributed by atoms with Crippen molar-refractivity contribution in [3.05, 3.63) is 35.9 Å². The second-order valence-corrected chi connectivity index (χ2v) is 9.39. The summed E-state index contributed by atoms with van der Waals surface area (Å²) in [6, 6.07) is 10.4. The smallest absolute Gasteiger partial charge is 0.193 e. The molecule has 6 nitrogen and oxygen atoms in total. The number of hydrogen-bond donors (Lipinski definition) is 1. The Labute approximate surface area is 188 Å². The van der Waals surface area contributed by atoms with E-state index >= 15 is 0 Å². The van der Waals surface area contributed by atoms with E-state index in [4.69, 9.17) is 9.47 Å². The zero-order valence-corrected chi connectivity index (χ0v) is 19.2. The van der Waals surface area contributed by atoms with Gasteiger partial charge in [0.2, 0.25) is 0 Å². The van der Waals surface area contributed by atoms with Crippen molar-refractivity contribution in [1.82, 2.24) is 15.1 Å². The van der Waals surface area contributed by atoms with E-state index in [1.54, 1.807) is 0 Å². The normalized spacial score (nSPS) is 25.0. The lowest BCUT2D eigenvalue weighted by molar-refractivity contribution is -0.0354. The number of morpholine rings is 1. The number of ether oxygens (including phenoxy) is 2. The third kappa shape index (κ3) is 5.99. The molecule has 4 rings (SSSR count). The fourth-order valence-corrected chi connectivity index (χ4v) is 5.51. The van der Waals surface area contributed by atoms with Gasteiger partial charge in [-0.2, -0.15) is 0 Å². The molecule has 2 saturated heterocycles. The summed E-state index contributed by atoms with van der Waals surface area (Å²) in [4.78, 5) is 9.76. The van der Waals surface area contributed by atoms with Crippen LogP contribution in [0.1, 0.15) is 44.1 Å². The molecule has 0 spiro atoms. The highest BCUT2D eigenvalue weighted by atomic mass is 16.5. The molecule has 1 aliphatic carbocycles. The number of aliphatic imine (C=N–C) groups is 1. The third-order valence-corrected chi connectivity index (χ3v) is 7.30. The Morgan fingerprint density at radius 1 is 1.13 bits per heavy atom. The van der Waals surface area contributed by atoms with Crippen molar-refractivity contribution in [1.29, 1.82) is 0 Å². The van der Waals surface area contributed by atoms with Gasteiger partial charge in [0, 0.05) is 51.2 Å². The average Bonchev–Trinajstić information content (AvgIpc) is 3.30. The minimum atomic E-state index is 0.260. The van der Waals surface area contributed by atoms with Gasteiger partial charge in [0.25, 0.3) is 0 Å². The quantitative estimate of drug-likeness (QED) is 0.534. The molecule has 2 aliphatic heterocycles. The van der Waals surface area contributed by atoms with Crippen LogP contribution in [0.2, 0.25) is 0 Å². The zero-order chi connectivity index (χ0) is 21.4. The second-order valence-electron chi connectivity index (χ2n) is 9.39. The molecule has 0 radical (unpaired) electrons. The van der Waals surface area contributed by atoms with Crippen LogP contribution >= 0.6 is 0 Å². The van der Waals surface area contributed by atoms with E-state index in [0.717, 1.165) is 58.5 Å². The lowest BCUT2D eigenvalue weighted by Gasteiger charge is -2.48. The summed E-state index contributed by atoms with van der Waals surface area (Å²) in [6.45, 7) is 8.45. The summed E-state index contributed by atoms with van der Waals surface area (Å²) in [5, 5.41) is 3.77. The monoisotopic (exact) mass is 428 g/mol. The Morgan fingerprint density at radius 3 is 2.65 bits per heavy atom. The lowest BCUT2D eigenvalue weighted by Crippen LogP contribution is -2.60. The van der Waals surface area contributed by atoms with E-state index in [1.165, 1.54) is 44.1 Å². The highest BCUT2D eigenvalue weighted by molar-refractivity contribution is 5.80. The summed E-state index contributed by atoms with van der Waals surface area (Å²) in [5.74, 6) is 1.63. The largest absolute Gasteiger partial charge is 0.379 e. The van der Waals surface area contributed by atoms with Crippen LogP contribution in [0, 0.1) is 5.92 Å². The number of likely N-dealkylation sites (tertiary alicyclic amines) is 1. The minimum absolute atomic E-state index is 0.260. The predicted molar refractivity (Wildman–Crippen MR) is 125 cm³/mol. The van der Waals surface area contributed by atoms with Gasteiger partial charge in [-0.05, 0) is 24.8 Å². The topological polar surface area (TPSA) is 49.3 Å². The van der Waals surface area contributed by atoms with Gasteiger partial charge >= 0.3 is 0 Å². The first-order valence-electron chi connectivity index (χ1n) is 12.2. The van der Waals surface area contributed by atoms with E-state index in [0.29, 0.717) is 12.5 Å². The first-order valence-corrected chi connectivity index (χ1v) is 12.2. The summed E-state index contributed by atoms with van der Waals surface area (Å²) in [7, 11) is 1.92. The van der Waals surface area contributed by atoms with E-state index in [1.807, 2.05) is 13.1 Å². The van der Waals surface area contributed by atoms with Gasteiger partial charge in [0.05, 0.1) is 26.4 Å². The van der Waals surface area contributed by atoms with Gasteiger partial charge in [-0.25, -0.2) is 0 Å². The standard InChI is InChI=1S/C25H40N4O2/c1-26-24(27-21-25(11-6-3-7-12-25)29-14-16-30-17-15-29)28-13-10-23(18-28)20-31-19-22-8-4-2-5-9-22/h2,4-5,8-9,23H,3,6-7,10-21H2,1H3,(H,26,27). The molecular formula is C25H40N4O2. The van der Waals surface area contributed by atoms with Crippen LogP contribution in [-0.2, 0) is 16.1 Å². The molecule has 1 aromatic rings. The van der Waals surface area contributed by atoms with Crippen LogP contribution in [0.5, 0.6) is 0 Å². The molecule has 6 heteroatoms. The lowest BCUT2D eigenvalue weighted by atomic mass is 9.80. The van der Waals surface area contributed by atoms with Crippen molar-refractivity contribution in [3.63, 3.8) is 0 Å². The first-order chi connectivity index (χ1) is 15.3. The summed E-state index contributed by atoms with van der Waals surface area (Å²) < 4.78 is 11.6. The fourth-order valence-electron chi connectivity index (χ4n) is 5.51. The SMILES string of the molecule is CN=C(NCC1(N2CCOCC2)CCCCC1)N1CCC(COCc2ccccc2)C1. The first kappa shape index (κ1) is 22.6. The van der Waals surface area contributed by atoms with Gasteiger partial charge in [-0.1, -0.05) is 49.6 Å². The number of rotatable bonds is 7. The molecule has 0 bridgehead atoms. The zero-order valence-electron chi connectivity index (χ0n) is 19.2. The molecule has 172 valence electrons. The molecule has 31 heavy (non-hydrogen) atoms. The third-order valence-electron chi connectivity index (χ3n) is 7.30. The van der Waals surface area contributed by atoms with Crippen LogP contribution in [-0.4, -0.2) is 80.9 Å². The van der Waals surface area contributed by atoms with E-state index in [-0.39, 0.29) is 5.54 Å². The molecule has 0 aromatic heterocycles. The van der Waals surface area contributed by atoms with Gasteiger partial charge < -0.3 is 19.7 Å². The molecule has 1 atom stereocenters. The average molecular weight is 429 g/mol. The highest BCUT2D eigenvalue weighted by Crippen LogP contribution is 2.34. The minimum Gasteiger partial charge on any atom is -0.379 e. The number of nitrogens with one attached hydrogen (secondary N) is 1. The maximum Gasteiger partial charge on any atom is 0.193 e. The maximum absolute atomic E-state index is 6.01. The molecule has 1 unspecified atom stereocenters. The van der Waals surface area contributed by atoms with Crippen molar-refractivity contribution < 1.29 is 9.47 Å². The van der Waals surface area contributed by atoms with Crippen LogP contribution in [0.4, 0.5) is 0 Å². The molecule has 3 aliphatic rings.